The van der Waals surface area contributed by atoms with E-state index in [1.807, 2.05) is 53.1 Å². The number of para-hydroxylation sites is 2. The van der Waals surface area contributed by atoms with Crippen LogP contribution in [0.1, 0.15) is 25.6 Å². The SMILES string of the molecule is [2H]c1ccccc1-n1c([C@@H](C)Cc2ccccc2)nc2ccccc2c1=S. The number of nitrogens with zero attached hydrogens (tertiary/aromatic N) is 2. The van der Waals surface area contributed by atoms with E-state index in [0.29, 0.717) is 10.7 Å². The van der Waals surface area contributed by atoms with Crippen molar-refractivity contribution in [3.05, 3.63) is 101 Å². The lowest BCUT2D eigenvalue weighted by Crippen LogP contribution is -2.13. The second-order valence-electron chi connectivity index (χ2n) is 6.47. The van der Waals surface area contributed by atoms with Crippen molar-refractivity contribution >= 4 is 23.1 Å². The lowest BCUT2D eigenvalue weighted by Gasteiger charge is -2.20. The molecule has 128 valence electrons. The molecule has 0 amide bonds. The maximum Gasteiger partial charge on any atom is 0.121 e. The maximum atomic E-state index is 8.38. The van der Waals surface area contributed by atoms with Gasteiger partial charge in [-0.05, 0) is 36.2 Å². The summed E-state index contributed by atoms with van der Waals surface area (Å²) >= 11 is 5.85. The van der Waals surface area contributed by atoms with Crippen LogP contribution in [0.3, 0.4) is 0 Å². The molecule has 0 radical (unpaired) electrons. The summed E-state index contributed by atoms with van der Waals surface area (Å²) in [5.41, 5.74) is 2.93. The van der Waals surface area contributed by atoms with E-state index in [4.69, 9.17) is 18.6 Å². The zero-order valence-electron chi connectivity index (χ0n) is 15.6. The molecule has 1 heterocycles. The average Bonchev–Trinajstić information content (AvgIpc) is 2.69. The van der Waals surface area contributed by atoms with E-state index in [-0.39, 0.29) is 5.92 Å². The number of aromatic nitrogens is 2. The molecule has 3 aromatic carbocycles. The van der Waals surface area contributed by atoms with Gasteiger partial charge >= 0.3 is 0 Å². The Morgan fingerprint density at radius 3 is 2.46 bits per heavy atom. The van der Waals surface area contributed by atoms with Crippen molar-refractivity contribution in [2.75, 3.05) is 0 Å². The molecule has 0 aliphatic rings. The molecule has 0 saturated heterocycles. The highest BCUT2D eigenvalue weighted by Gasteiger charge is 2.16. The van der Waals surface area contributed by atoms with Gasteiger partial charge in [-0.15, -0.1) is 0 Å². The summed E-state index contributed by atoms with van der Waals surface area (Å²) in [4.78, 5) is 4.96. The highest BCUT2D eigenvalue weighted by Crippen LogP contribution is 2.26. The number of benzene rings is 3. The fourth-order valence-electron chi connectivity index (χ4n) is 3.30. The molecule has 0 saturated carbocycles. The Morgan fingerprint density at radius 2 is 1.65 bits per heavy atom. The molecule has 4 rings (SSSR count). The molecule has 1 atom stereocenters. The topological polar surface area (TPSA) is 17.8 Å². The second-order valence-corrected chi connectivity index (χ2v) is 6.85. The monoisotopic (exact) mass is 357 g/mol. The molecule has 0 unspecified atom stereocenters. The van der Waals surface area contributed by atoms with Crippen molar-refractivity contribution in [3.63, 3.8) is 0 Å². The lowest BCUT2D eigenvalue weighted by molar-refractivity contribution is 0.669. The highest BCUT2D eigenvalue weighted by molar-refractivity contribution is 7.71. The van der Waals surface area contributed by atoms with Crippen molar-refractivity contribution in [2.45, 2.75) is 19.3 Å². The first-order valence-electron chi connectivity index (χ1n) is 9.27. The molecule has 0 fully saturated rings. The standard InChI is InChI=1S/C23H20N2S/c1-17(16-18-10-4-2-5-11-18)22-24-21-15-9-8-14-20(21)23(26)25(22)19-12-6-3-7-13-19/h2-15,17H,16H2,1H3/t17-/m0/s1/i12D. The third-order valence-corrected chi connectivity index (χ3v) is 4.96. The molecule has 0 N–H and O–H groups in total. The van der Waals surface area contributed by atoms with E-state index in [9.17, 15) is 0 Å². The van der Waals surface area contributed by atoms with E-state index in [2.05, 4.69) is 31.2 Å². The second kappa shape index (κ2) is 7.22. The van der Waals surface area contributed by atoms with Gasteiger partial charge in [0.15, 0.2) is 0 Å². The first-order valence-corrected chi connectivity index (χ1v) is 9.17. The minimum atomic E-state index is 0.151. The summed E-state index contributed by atoms with van der Waals surface area (Å²) in [6.07, 6.45) is 0.862. The first-order chi connectivity index (χ1) is 13.1. The van der Waals surface area contributed by atoms with Gasteiger partial charge in [0.1, 0.15) is 10.5 Å². The first kappa shape index (κ1) is 15.5. The maximum absolute atomic E-state index is 8.38. The Bertz CT molecular complexity index is 1150. The Morgan fingerprint density at radius 1 is 0.962 bits per heavy atom. The van der Waals surface area contributed by atoms with Gasteiger partial charge in [0, 0.05) is 17.0 Å². The molecular formula is C23H20N2S. The van der Waals surface area contributed by atoms with Crippen LogP contribution < -0.4 is 0 Å². The van der Waals surface area contributed by atoms with Crippen molar-refractivity contribution in [1.82, 2.24) is 9.55 Å². The third-order valence-electron chi connectivity index (χ3n) is 4.56. The normalized spacial score (nSPS) is 12.7. The highest BCUT2D eigenvalue weighted by atomic mass is 32.1. The van der Waals surface area contributed by atoms with Gasteiger partial charge in [0.2, 0.25) is 0 Å². The van der Waals surface area contributed by atoms with Gasteiger partial charge in [-0.1, -0.05) is 79.8 Å². The number of fused-ring (bicyclic) bond motifs is 1. The van der Waals surface area contributed by atoms with E-state index in [1.54, 1.807) is 6.07 Å². The smallest absolute Gasteiger partial charge is 0.121 e. The van der Waals surface area contributed by atoms with Crippen LogP contribution in [-0.2, 0) is 6.42 Å². The molecule has 26 heavy (non-hydrogen) atoms. The van der Waals surface area contributed by atoms with Gasteiger partial charge in [0.25, 0.3) is 0 Å². The van der Waals surface area contributed by atoms with Crippen molar-refractivity contribution in [2.24, 2.45) is 0 Å². The summed E-state index contributed by atoms with van der Waals surface area (Å²) in [5.74, 6) is 1.04. The molecule has 3 heteroatoms. The van der Waals surface area contributed by atoms with Crippen molar-refractivity contribution in [3.8, 4) is 5.69 Å². The zero-order valence-corrected chi connectivity index (χ0v) is 15.4. The third kappa shape index (κ3) is 3.18. The van der Waals surface area contributed by atoms with Gasteiger partial charge in [-0.25, -0.2) is 4.98 Å². The Balaban J connectivity index is 1.94. The van der Waals surface area contributed by atoms with Crippen LogP contribution in [0.15, 0.2) is 84.9 Å². The summed E-state index contributed by atoms with van der Waals surface area (Å²) in [6.45, 7) is 2.17. The van der Waals surface area contributed by atoms with Crippen LogP contribution >= 0.6 is 12.2 Å². The Kier molecular flexibility index (Phi) is 4.30. The molecule has 2 nitrogen and oxygen atoms in total. The minimum absolute atomic E-state index is 0.151. The predicted octanol–water partition coefficient (Wildman–Crippen LogP) is 6.10. The minimum Gasteiger partial charge on any atom is -0.288 e. The van der Waals surface area contributed by atoms with Crippen molar-refractivity contribution < 1.29 is 1.37 Å². The Labute approximate surface area is 160 Å². The predicted molar refractivity (Wildman–Crippen MR) is 110 cm³/mol. The van der Waals surface area contributed by atoms with Gasteiger partial charge in [-0.3, -0.25) is 4.57 Å². The van der Waals surface area contributed by atoms with Crippen LogP contribution in [0.25, 0.3) is 16.6 Å². The average molecular weight is 358 g/mol. The summed E-state index contributed by atoms with van der Waals surface area (Å²) in [6, 6.07) is 26.4. The lowest BCUT2D eigenvalue weighted by atomic mass is 9.99. The fraction of sp³-hybridized carbons (Fsp3) is 0.130. The van der Waals surface area contributed by atoms with E-state index >= 15 is 0 Å². The van der Waals surface area contributed by atoms with Gasteiger partial charge < -0.3 is 0 Å². The summed E-state index contributed by atoms with van der Waals surface area (Å²) in [5, 5.41) is 0.936. The number of hydrogen-bond donors (Lipinski definition) is 0. The summed E-state index contributed by atoms with van der Waals surface area (Å²) < 4.78 is 11.1. The summed E-state index contributed by atoms with van der Waals surface area (Å²) in [7, 11) is 0. The van der Waals surface area contributed by atoms with E-state index in [0.717, 1.165) is 28.8 Å². The van der Waals surface area contributed by atoms with Crippen LogP contribution in [0.2, 0.25) is 0 Å². The molecule has 4 aromatic rings. The molecule has 0 bridgehead atoms. The van der Waals surface area contributed by atoms with Crippen LogP contribution in [0.4, 0.5) is 0 Å². The molecule has 1 aromatic heterocycles. The zero-order chi connectivity index (χ0) is 18.8. The molecular weight excluding hydrogens is 336 g/mol. The number of hydrogen-bond acceptors (Lipinski definition) is 2. The quantitative estimate of drug-likeness (QED) is 0.411. The van der Waals surface area contributed by atoms with E-state index in [1.165, 1.54) is 5.56 Å². The Hall–Kier alpha value is -2.78. The van der Waals surface area contributed by atoms with Crippen LogP contribution in [0.5, 0.6) is 0 Å². The van der Waals surface area contributed by atoms with Gasteiger partial charge in [-0.2, -0.15) is 0 Å². The number of rotatable bonds is 4. The molecule has 0 aliphatic carbocycles. The van der Waals surface area contributed by atoms with Crippen LogP contribution in [-0.4, -0.2) is 9.55 Å². The van der Waals surface area contributed by atoms with Crippen LogP contribution in [0, 0.1) is 4.64 Å². The fourth-order valence-corrected chi connectivity index (χ4v) is 3.66. The van der Waals surface area contributed by atoms with E-state index < -0.39 is 0 Å². The largest absolute Gasteiger partial charge is 0.288 e. The van der Waals surface area contributed by atoms with Gasteiger partial charge in [0.05, 0.1) is 6.89 Å². The van der Waals surface area contributed by atoms with Crippen molar-refractivity contribution in [1.29, 1.82) is 0 Å². The molecule has 0 spiro atoms. The molecule has 0 aliphatic heterocycles.